The fraction of sp³-hybridized carbons (Fsp3) is 0.529. The molecule has 114 valence electrons. The Labute approximate surface area is 125 Å². The molecule has 0 fully saturated rings. The topological polar surface area (TPSA) is 65.6 Å². The summed E-state index contributed by atoms with van der Waals surface area (Å²) in [5.74, 6) is 0.734. The lowest BCUT2D eigenvalue weighted by Crippen LogP contribution is -2.22. The third-order valence-corrected chi connectivity index (χ3v) is 4.85. The van der Waals surface area contributed by atoms with Gasteiger partial charge < -0.3 is 15.3 Å². The molecule has 3 N–H and O–H groups in total. The minimum absolute atomic E-state index is 0.0483. The van der Waals surface area contributed by atoms with Gasteiger partial charge in [-0.1, -0.05) is 32.1 Å². The maximum absolute atomic E-state index is 10.6. The Morgan fingerprint density at radius 3 is 2.24 bits per heavy atom. The first-order valence-electron chi connectivity index (χ1n) is 7.47. The lowest BCUT2D eigenvalue weighted by atomic mass is 9.86. The third kappa shape index (κ3) is 2.01. The maximum atomic E-state index is 10.6. The van der Waals surface area contributed by atoms with Gasteiger partial charge in [-0.25, -0.2) is 0 Å². The van der Waals surface area contributed by atoms with Crippen molar-refractivity contribution in [1.82, 2.24) is 4.57 Å². The van der Waals surface area contributed by atoms with Crippen molar-refractivity contribution in [2.45, 2.75) is 44.6 Å². The highest BCUT2D eigenvalue weighted by atomic mass is 16.3. The molecular formula is C17H23NO3. The van der Waals surface area contributed by atoms with Crippen LogP contribution in [0.5, 0.6) is 11.8 Å². The first-order valence-corrected chi connectivity index (χ1v) is 7.47. The van der Waals surface area contributed by atoms with Crippen molar-refractivity contribution < 1.29 is 15.3 Å². The van der Waals surface area contributed by atoms with E-state index in [2.05, 4.69) is 18.7 Å². The predicted molar refractivity (Wildman–Crippen MR) is 81.7 cm³/mol. The van der Waals surface area contributed by atoms with Gasteiger partial charge in [0.25, 0.3) is 0 Å². The van der Waals surface area contributed by atoms with Gasteiger partial charge in [0.15, 0.2) is 11.8 Å². The van der Waals surface area contributed by atoms with Crippen LogP contribution in [-0.2, 0) is 0 Å². The molecule has 1 heterocycles. The van der Waals surface area contributed by atoms with E-state index in [0.29, 0.717) is 6.42 Å². The molecule has 2 bridgehead atoms. The third-order valence-electron chi connectivity index (χ3n) is 4.85. The van der Waals surface area contributed by atoms with Crippen LogP contribution in [0.25, 0.3) is 0 Å². The Bertz CT molecular complexity index is 577. The van der Waals surface area contributed by atoms with Crippen LogP contribution < -0.4 is 0 Å². The van der Waals surface area contributed by atoms with Crippen LogP contribution in [0.2, 0.25) is 0 Å². The summed E-state index contributed by atoms with van der Waals surface area (Å²) in [6, 6.07) is -0.239. The van der Waals surface area contributed by atoms with Crippen LogP contribution in [0.15, 0.2) is 24.8 Å². The lowest BCUT2D eigenvalue weighted by Gasteiger charge is -2.28. The number of allylic oxidation sites excluding steroid dienone is 3. The number of rotatable bonds is 5. The summed E-state index contributed by atoms with van der Waals surface area (Å²) in [5, 5.41) is 30.6. The molecule has 4 heteroatoms. The molecule has 1 aromatic heterocycles. The SMILES string of the molecule is C=CC(CC(C)(C)CO)n1c(O)c2c(c1O)C1C=CC2C1. The van der Waals surface area contributed by atoms with Crippen molar-refractivity contribution in [3.63, 3.8) is 0 Å². The smallest absolute Gasteiger partial charge is 0.198 e. The van der Waals surface area contributed by atoms with E-state index < -0.39 is 0 Å². The van der Waals surface area contributed by atoms with Crippen molar-refractivity contribution in [3.8, 4) is 11.8 Å². The number of hydrogen-bond donors (Lipinski definition) is 3. The second kappa shape index (κ2) is 4.67. The van der Waals surface area contributed by atoms with E-state index in [9.17, 15) is 15.3 Å². The van der Waals surface area contributed by atoms with Crippen LogP contribution >= 0.6 is 0 Å². The predicted octanol–water partition coefficient (Wildman–Crippen LogP) is 3.18. The van der Waals surface area contributed by atoms with Crippen molar-refractivity contribution in [2.75, 3.05) is 6.61 Å². The summed E-state index contributed by atoms with van der Waals surface area (Å²) in [6.45, 7) is 7.80. The van der Waals surface area contributed by atoms with Crippen LogP contribution in [0.1, 0.15) is 55.7 Å². The number of fused-ring (bicyclic) bond motifs is 5. The Kier molecular flexibility index (Phi) is 3.17. The van der Waals surface area contributed by atoms with E-state index >= 15 is 0 Å². The molecular weight excluding hydrogens is 266 g/mol. The van der Waals surface area contributed by atoms with Gasteiger partial charge in [0.05, 0.1) is 6.04 Å². The zero-order valence-corrected chi connectivity index (χ0v) is 12.6. The second-order valence-electron chi connectivity index (χ2n) is 7.01. The molecule has 1 aromatic rings. The molecule has 0 aliphatic heterocycles. The second-order valence-corrected chi connectivity index (χ2v) is 7.01. The summed E-state index contributed by atoms with van der Waals surface area (Å²) in [6.07, 6.45) is 7.49. The van der Waals surface area contributed by atoms with Crippen molar-refractivity contribution in [3.05, 3.63) is 35.9 Å². The molecule has 3 unspecified atom stereocenters. The van der Waals surface area contributed by atoms with Crippen LogP contribution in [0.3, 0.4) is 0 Å². The van der Waals surface area contributed by atoms with Crippen LogP contribution in [-0.4, -0.2) is 26.5 Å². The Balaban J connectivity index is 2.02. The maximum Gasteiger partial charge on any atom is 0.198 e. The van der Waals surface area contributed by atoms with E-state index in [0.717, 1.165) is 17.5 Å². The first kappa shape index (κ1) is 14.3. The summed E-state index contributed by atoms with van der Waals surface area (Å²) >= 11 is 0. The van der Waals surface area contributed by atoms with Gasteiger partial charge in [-0.3, -0.25) is 4.57 Å². The van der Waals surface area contributed by atoms with E-state index in [-0.39, 0.29) is 41.7 Å². The quantitative estimate of drug-likeness (QED) is 0.729. The standard InChI is InChI=1S/C17H23NO3/c1-4-12(8-17(2,3)9-19)18-15(20)13-10-5-6-11(7-10)14(13)16(18)21/h4-6,10-12,19-21H,1,7-9H2,2-3H3. The molecule has 0 saturated heterocycles. The zero-order valence-electron chi connectivity index (χ0n) is 12.6. The van der Waals surface area contributed by atoms with Gasteiger partial charge in [-0.05, 0) is 18.3 Å². The van der Waals surface area contributed by atoms with E-state index in [1.54, 1.807) is 10.6 Å². The molecule has 3 rings (SSSR count). The zero-order chi connectivity index (χ0) is 15.4. The molecule has 3 atom stereocenters. The van der Waals surface area contributed by atoms with Crippen LogP contribution in [0.4, 0.5) is 0 Å². The minimum atomic E-state index is -0.302. The van der Waals surface area contributed by atoms with Crippen molar-refractivity contribution in [2.24, 2.45) is 5.41 Å². The largest absolute Gasteiger partial charge is 0.494 e. The molecule has 0 amide bonds. The molecule has 2 aliphatic rings. The number of aromatic nitrogens is 1. The number of aliphatic hydroxyl groups excluding tert-OH is 1. The number of hydrogen-bond acceptors (Lipinski definition) is 3. The van der Waals surface area contributed by atoms with Gasteiger partial charge in [-0.2, -0.15) is 0 Å². The molecule has 4 nitrogen and oxygen atoms in total. The highest BCUT2D eigenvalue weighted by Gasteiger charge is 2.42. The molecule has 0 spiro atoms. The van der Waals surface area contributed by atoms with Crippen LogP contribution in [0, 0.1) is 5.41 Å². The summed E-state index contributed by atoms with van der Waals surface area (Å²) in [4.78, 5) is 0. The Morgan fingerprint density at radius 2 is 1.81 bits per heavy atom. The molecule has 21 heavy (non-hydrogen) atoms. The molecule has 0 radical (unpaired) electrons. The monoisotopic (exact) mass is 289 g/mol. The van der Waals surface area contributed by atoms with Gasteiger partial charge in [-0.15, -0.1) is 6.58 Å². The van der Waals surface area contributed by atoms with Gasteiger partial charge in [0.1, 0.15) is 0 Å². The van der Waals surface area contributed by atoms with Gasteiger partial charge in [0.2, 0.25) is 0 Å². The fourth-order valence-electron chi connectivity index (χ4n) is 3.68. The average Bonchev–Trinajstić information content (AvgIpc) is 3.11. The number of aliphatic hydroxyl groups is 1. The number of nitrogens with zero attached hydrogens (tertiary/aromatic N) is 1. The summed E-state index contributed by atoms with van der Waals surface area (Å²) in [5.41, 5.74) is 1.44. The number of aromatic hydroxyl groups is 2. The van der Waals surface area contributed by atoms with Crippen molar-refractivity contribution >= 4 is 0 Å². The van der Waals surface area contributed by atoms with Gasteiger partial charge >= 0.3 is 0 Å². The first-order chi connectivity index (χ1) is 9.89. The normalized spacial score (nSPS) is 24.3. The van der Waals surface area contributed by atoms with E-state index in [1.807, 2.05) is 13.8 Å². The average molecular weight is 289 g/mol. The summed E-state index contributed by atoms with van der Waals surface area (Å²) in [7, 11) is 0. The lowest BCUT2D eigenvalue weighted by molar-refractivity contribution is 0.135. The molecule has 0 aromatic carbocycles. The van der Waals surface area contributed by atoms with Gasteiger partial charge in [0, 0.05) is 29.6 Å². The summed E-state index contributed by atoms with van der Waals surface area (Å²) < 4.78 is 1.57. The minimum Gasteiger partial charge on any atom is -0.494 e. The Hall–Kier alpha value is -1.68. The van der Waals surface area contributed by atoms with E-state index in [4.69, 9.17) is 0 Å². The fourth-order valence-corrected chi connectivity index (χ4v) is 3.68. The van der Waals surface area contributed by atoms with Crippen molar-refractivity contribution in [1.29, 1.82) is 0 Å². The highest BCUT2D eigenvalue weighted by molar-refractivity contribution is 5.59. The Morgan fingerprint density at radius 1 is 1.29 bits per heavy atom. The van der Waals surface area contributed by atoms with E-state index in [1.165, 1.54) is 0 Å². The molecule has 2 aliphatic carbocycles. The molecule has 0 saturated carbocycles. The highest BCUT2D eigenvalue weighted by Crippen LogP contribution is 2.57.